The molecule has 0 amide bonds. The van der Waals surface area contributed by atoms with Gasteiger partial charge in [0.05, 0.1) is 7.11 Å². The fourth-order valence-corrected chi connectivity index (χ4v) is 1.29. The summed E-state index contributed by atoms with van der Waals surface area (Å²) in [5, 5.41) is 0. The van der Waals surface area contributed by atoms with Crippen molar-refractivity contribution in [2.45, 2.75) is 41.0 Å². The largest absolute Gasteiger partial charge is 0.469 e. The molecule has 3 nitrogen and oxygen atoms in total. The number of allylic oxidation sites excluding steroid dienone is 2. The normalized spacial score (nSPS) is 15.6. The van der Waals surface area contributed by atoms with Crippen LogP contribution in [0.15, 0.2) is 12.2 Å². The molecule has 0 aliphatic carbocycles. The molecule has 0 radical (unpaired) electrons. The van der Waals surface area contributed by atoms with E-state index in [0.717, 1.165) is 0 Å². The average molecular weight is 240 g/mol. The Labute approximate surface area is 104 Å². The molecule has 0 N–H and O–H groups in total. The predicted molar refractivity (Wildman–Crippen MR) is 68.6 cm³/mol. The number of hydrogen-bond acceptors (Lipinski definition) is 3. The van der Waals surface area contributed by atoms with Gasteiger partial charge in [-0.1, -0.05) is 40.7 Å². The highest BCUT2D eigenvalue weighted by atomic mass is 16.5. The number of methoxy groups -OCH3 is 1. The number of carbonyl (C=O) groups is 2. The number of rotatable bonds is 5. The van der Waals surface area contributed by atoms with E-state index < -0.39 is 0 Å². The first-order valence-electron chi connectivity index (χ1n) is 5.97. The maximum atomic E-state index is 11.9. The molecule has 0 bridgehead atoms. The Bertz CT molecular complexity index is 297. The second-order valence-corrected chi connectivity index (χ2v) is 5.65. The lowest BCUT2D eigenvalue weighted by Crippen LogP contribution is -2.20. The van der Waals surface area contributed by atoms with Crippen molar-refractivity contribution in [3.05, 3.63) is 12.2 Å². The Hall–Kier alpha value is -1.12. The molecule has 0 unspecified atom stereocenters. The van der Waals surface area contributed by atoms with E-state index in [0.29, 0.717) is 0 Å². The summed E-state index contributed by atoms with van der Waals surface area (Å²) in [6.45, 7) is 9.87. The Morgan fingerprint density at radius 2 is 1.76 bits per heavy atom. The van der Waals surface area contributed by atoms with Crippen molar-refractivity contribution in [3.63, 3.8) is 0 Å². The topological polar surface area (TPSA) is 43.4 Å². The number of hydrogen-bond donors (Lipinski definition) is 0. The molecule has 0 heterocycles. The molecule has 0 aromatic carbocycles. The summed E-state index contributed by atoms with van der Waals surface area (Å²) >= 11 is 0. The van der Waals surface area contributed by atoms with Crippen LogP contribution in [0.25, 0.3) is 0 Å². The van der Waals surface area contributed by atoms with Gasteiger partial charge in [0.25, 0.3) is 0 Å². The van der Waals surface area contributed by atoms with E-state index >= 15 is 0 Å². The second kappa shape index (κ2) is 6.58. The minimum Gasteiger partial charge on any atom is -0.469 e. The lowest BCUT2D eigenvalue weighted by atomic mass is 9.87. The standard InChI is InChI=1S/C14H24O3/c1-10(9-13(16)17-6)11(2)12(15)7-8-14(3,4)5/h7-8,10-11H,9H2,1-6H3/b8-7+/t10-,11-/m0/s1. The first kappa shape index (κ1) is 15.9. The zero-order chi connectivity index (χ0) is 13.6. The summed E-state index contributed by atoms with van der Waals surface area (Å²) in [5.41, 5.74) is 0.000960. The molecule has 0 saturated carbocycles. The Kier molecular flexibility index (Phi) is 6.14. The van der Waals surface area contributed by atoms with Crippen molar-refractivity contribution in [1.82, 2.24) is 0 Å². The van der Waals surface area contributed by atoms with Crippen molar-refractivity contribution in [3.8, 4) is 0 Å². The molecule has 0 aliphatic rings. The van der Waals surface area contributed by atoms with E-state index in [9.17, 15) is 9.59 Å². The molecule has 0 fully saturated rings. The number of carbonyl (C=O) groups excluding carboxylic acids is 2. The van der Waals surface area contributed by atoms with Crippen LogP contribution >= 0.6 is 0 Å². The van der Waals surface area contributed by atoms with Crippen LogP contribution in [0.5, 0.6) is 0 Å². The van der Waals surface area contributed by atoms with E-state index in [4.69, 9.17) is 0 Å². The van der Waals surface area contributed by atoms with Crippen LogP contribution in [0.2, 0.25) is 0 Å². The molecule has 0 rings (SSSR count). The Morgan fingerprint density at radius 3 is 2.18 bits per heavy atom. The van der Waals surface area contributed by atoms with Gasteiger partial charge < -0.3 is 4.74 Å². The van der Waals surface area contributed by atoms with Crippen LogP contribution in [0.1, 0.15) is 41.0 Å². The van der Waals surface area contributed by atoms with E-state index in [-0.39, 0.29) is 35.4 Å². The SMILES string of the molecule is COC(=O)C[C@H](C)[C@H](C)C(=O)/C=C/C(C)(C)C. The highest BCUT2D eigenvalue weighted by Gasteiger charge is 2.21. The van der Waals surface area contributed by atoms with Crippen molar-refractivity contribution < 1.29 is 14.3 Å². The van der Waals surface area contributed by atoms with Gasteiger partial charge in [0.2, 0.25) is 0 Å². The zero-order valence-electron chi connectivity index (χ0n) is 11.7. The van der Waals surface area contributed by atoms with Gasteiger partial charge in [-0.05, 0) is 17.4 Å². The predicted octanol–water partition coefficient (Wildman–Crippen LogP) is 2.99. The van der Waals surface area contributed by atoms with Gasteiger partial charge in [-0.25, -0.2) is 0 Å². The highest BCUT2D eigenvalue weighted by molar-refractivity contribution is 5.92. The minimum atomic E-state index is -0.267. The van der Waals surface area contributed by atoms with Gasteiger partial charge in [-0.2, -0.15) is 0 Å². The van der Waals surface area contributed by atoms with Gasteiger partial charge in [-0.15, -0.1) is 0 Å². The van der Waals surface area contributed by atoms with E-state index in [1.165, 1.54) is 7.11 Å². The maximum absolute atomic E-state index is 11.9. The van der Waals surface area contributed by atoms with Crippen LogP contribution in [0.4, 0.5) is 0 Å². The molecule has 2 atom stereocenters. The summed E-state index contributed by atoms with van der Waals surface area (Å²) in [7, 11) is 1.36. The minimum absolute atomic E-state index is 0.000400. The molecule has 0 spiro atoms. The van der Waals surface area contributed by atoms with E-state index in [1.54, 1.807) is 6.08 Å². The van der Waals surface area contributed by atoms with Crippen molar-refractivity contribution >= 4 is 11.8 Å². The Morgan fingerprint density at radius 1 is 1.24 bits per heavy atom. The third kappa shape index (κ3) is 6.93. The van der Waals surface area contributed by atoms with Gasteiger partial charge in [0.1, 0.15) is 0 Å². The number of esters is 1. The zero-order valence-corrected chi connectivity index (χ0v) is 11.7. The van der Waals surface area contributed by atoms with Crippen molar-refractivity contribution in [1.29, 1.82) is 0 Å². The molecule has 98 valence electrons. The molecule has 17 heavy (non-hydrogen) atoms. The molecular formula is C14H24O3. The number of ketones is 1. The quantitative estimate of drug-likeness (QED) is 0.548. The first-order chi connectivity index (χ1) is 7.67. The summed E-state index contributed by atoms with van der Waals surface area (Å²) in [5.74, 6) is -0.361. The van der Waals surface area contributed by atoms with Crippen LogP contribution in [0, 0.1) is 17.3 Å². The molecule has 0 aromatic heterocycles. The smallest absolute Gasteiger partial charge is 0.305 e. The van der Waals surface area contributed by atoms with Gasteiger partial charge in [0, 0.05) is 12.3 Å². The van der Waals surface area contributed by atoms with Gasteiger partial charge in [-0.3, -0.25) is 9.59 Å². The highest BCUT2D eigenvalue weighted by Crippen LogP contribution is 2.19. The average Bonchev–Trinajstić information content (AvgIpc) is 2.23. The molecule has 0 aromatic rings. The van der Waals surface area contributed by atoms with Crippen molar-refractivity contribution in [2.75, 3.05) is 7.11 Å². The third-order valence-corrected chi connectivity index (χ3v) is 2.77. The molecule has 0 saturated heterocycles. The van der Waals surface area contributed by atoms with Crippen LogP contribution in [0.3, 0.4) is 0 Å². The molecule has 0 aliphatic heterocycles. The van der Waals surface area contributed by atoms with Crippen LogP contribution in [-0.2, 0) is 14.3 Å². The molecule has 3 heteroatoms. The summed E-state index contributed by atoms with van der Waals surface area (Å²) in [6, 6.07) is 0. The lowest BCUT2D eigenvalue weighted by Gasteiger charge is -2.17. The lowest BCUT2D eigenvalue weighted by molar-refractivity contribution is -0.142. The Balaban J connectivity index is 4.40. The maximum Gasteiger partial charge on any atom is 0.305 e. The van der Waals surface area contributed by atoms with E-state index in [2.05, 4.69) is 4.74 Å². The summed E-state index contributed by atoms with van der Waals surface area (Å²) < 4.78 is 4.60. The third-order valence-electron chi connectivity index (χ3n) is 2.77. The fraction of sp³-hybridized carbons (Fsp3) is 0.714. The van der Waals surface area contributed by atoms with Crippen LogP contribution < -0.4 is 0 Å². The fourth-order valence-electron chi connectivity index (χ4n) is 1.29. The van der Waals surface area contributed by atoms with Gasteiger partial charge >= 0.3 is 5.97 Å². The summed E-state index contributed by atoms with van der Waals surface area (Å²) in [6.07, 6.45) is 3.81. The van der Waals surface area contributed by atoms with Gasteiger partial charge in [0.15, 0.2) is 5.78 Å². The van der Waals surface area contributed by atoms with E-state index in [1.807, 2.05) is 40.7 Å². The number of ether oxygens (including phenoxy) is 1. The molecular weight excluding hydrogens is 216 g/mol. The first-order valence-corrected chi connectivity index (χ1v) is 5.97. The van der Waals surface area contributed by atoms with Crippen LogP contribution in [-0.4, -0.2) is 18.9 Å². The summed E-state index contributed by atoms with van der Waals surface area (Å²) in [4.78, 5) is 23.0. The second-order valence-electron chi connectivity index (χ2n) is 5.65. The monoisotopic (exact) mass is 240 g/mol. The van der Waals surface area contributed by atoms with Crippen molar-refractivity contribution in [2.24, 2.45) is 17.3 Å².